The maximum atomic E-state index is 12.8. The van der Waals surface area contributed by atoms with Crippen molar-refractivity contribution in [3.05, 3.63) is 78.4 Å². The highest BCUT2D eigenvalue weighted by Gasteiger charge is 2.23. The van der Waals surface area contributed by atoms with Crippen LogP contribution in [0, 0.1) is 0 Å². The third-order valence-electron chi connectivity index (χ3n) is 5.38. The molecule has 1 aliphatic heterocycles. The normalized spacial score (nSPS) is 15.2. The molecule has 29 heavy (non-hydrogen) atoms. The molecule has 1 heterocycles. The first-order valence-electron chi connectivity index (χ1n) is 10.0. The second-order valence-electron chi connectivity index (χ2n) is 7.46. The highest BCUT2D eigenvalue weighted by molar-refractivity contribution is 6.07. The molecule has 1 aliphatic rings. The molecule has 0 atom stereocenters. The molecule has 0 aliphatic carbocycles. The van der Waals surface area contributed by atoms with Gasteiger partial charge in [-0.25, -0.2) is 0 Å². The average Bonchev–Trinajstić information content (AvgIpc) is 2.75. The van der Waals surface area contributed by atoms with E-state index in [0.29, 0.717) is 12.1 Å². The van der Waals surface area contributed by atoms with E-state index in [4.69, 9.17) is 0 Å². The third kappa shape index (κ3) is 4.81. The highest BCUT2D eigenvalue weighted by Crippen LogP contribution is 2.19. The van der Waals surface area contributed by atoms with E-state index in [1.807, 2.05) is 72.8 Å². The number of carbonyl (C=O) groups excluding carboxylic acids is 2. The van der Waals surface area contributed by atoms with Crippen LogP contribution in [0.15, 0.2) is 72.8 Å². The number of hydrogen-bond acceptors (Lipinski definition) is 3. The van der Waals surface area contributed by atoms with Crippen molar-refractivity contribution < 1.29 is 9.59 Å². The van der Waals surface area contributed by atoms with Gasteiger partial charge in [-0.2, -0.15) is 0 Å². The van der Waals surface area contributed by atoms with E-state index in [9.17, 15) is 9.59 Å². The van der Waals surface area contributed by atoms with E-state index in [1.54, 1.807) is 0 Å². The van der Waals surface area contributed by atoms with Crippen molar-refractivity contribution in [3.63, 3.8) is 0 Å². The number of amides is 2. The predicted octanol–water partition coefficient (Wildman–Crippen LogP) is 3.67. The molecule has 2 amide bonds. The van der Waals surface area contributed by atoms with Crippen LogP contribution in [0.5, 0.6) is 0 Å². The molecule has 0 aromatic heterocycles. The fourth-order valence-corrected chi connectivity index (χ4v) is 3.85. The second-order valence-corrected chi connectivity index (χ2v) is 7.46. The van der Waals surface area contributed by atoms with Gasteiger partial charge in [0.2, 0.25) is 5.91 Å². The van der Waals surface area contributed by atoms with Crippen LogP contribution in [0.3, 0.4) is 0 Å². The molecule has 3 aromatic carbocycles. The zero-order valence-electron chi connectivity index (χ0n) is 16.3. The Hall–Kier alpha value is -3.18. The maximum absolute atomic E-state index is 12.8. The molecule has 5 heteroatoms. The minimum absolute atomic E-state index is 0.00515. The molecular weight excluding hydrogens is 362 g/mol. The number of benzene rings is 3. The van der Waals surface area contributed by atoms with E-state index in [1.165, 1.54) is 0 Å². The summed E-state index contributed by atoms with van der Waals surface area (Å²) in [6.45, 7) is 1.96. The van der Waals surface area contributed by atoms with Crippen LogP contribution in [0.4, 0.5) is 5.69 Å². The standard InChI is InChI=1S/C24H25N3O2/c28-23(25-19-9-2-1-3-10-19)17-27-15-13-20(14-16-27)26-24(29)22-12-6-8-18-7-4-5-11-21(18)22/h1-12,20H,13-17H2,(H,25,28)(H,26,29). The van der Waals surface area contributed by atoms with Gasteiger partial charge in [0, 0.05) is 30.4 Å². The Morgan fingerprint density at radius 2 is 1.55 bits per heavy atom. The number of nitrogens with one attached hydrogen (secondary N) is 2. The summed E-state index contributed by atoms with van der Waals surface area (Å²) >= 11 is 0. The van der Waals surface area contributed by atoms with Crippen molar-refractivity contribution in [1.82, 2.24) is 10.2 Å². The minimum Gasteiger partial charge on any atom is -0.349 e. The van der Waals surface area contributed by atoms with Gasteiger partial charge >= 0.3 is 0 Å². The van der Waals surface area contributed by atoms with Crippen LogP contribution in [0.2, 0.25) is 0 Å². The van der Waals surface area contributed by atoms with Crippen LogP contribution in [-0.4, -0.2) is 42.4 Å². The SMILES string of the molecule is O=C(CN1CCC(NC(=O)c2cccc3ccccc23)CC1)Nc1ccccc1. The molecule has 5 nitrogen and oxygen atoms in total. The number of para-hydroxylation sites is 1. The quantitative estimate of drug-likeness (QED) is 0.702. The van der Waals surface area contributed by atoms with Crippen LogP contribution < -0.4 is 10.6 Å². The first kappa shape index (κ1) is 19.2. The van der Waals surface area contributed by atoms with Crippen LogP contribution >= 0.6 is 0 Å². The molecule has 0 unspecified atom stereocenters. The van der Waals surface area contributed by atoms with E-state index in [2.05, 4.69) is 15.5 Å². The Balaban J connectivity index is 1.28. The summed E-state index contributed by atoms with van der Waals surface area (Å²) < 4.78 is 0. The summed E-state index contributed by atoms with van der Waals surface area (Å²) in [4.78, 5) is 27.2. The summed E-state index contributed by atoms with van der Waals surface area (Å²) in [6, 6.07) is 23.4. The van der Waals surface area contributed by atoms with E-state index < -0.39 is 0 Å². The molecule has 0 bridgehead atoms. The van der Waals surface area contributed by atoms with Crippen molar-refractivity contribution in [2.75, 3.05) is 25.0 Å². The summed E-state index contributed by atoms with van der Waals surface area (Å²) in [6.07, 6.45) is 1.68. The lowest BCUT2D eigenvalue weighted by atomic mass is 10.0. The van der Waals surface area contributed by atoms with Crippen molar-refractivity contribution in [3.8, 4) is 0 Å². The monoisotopic (exact) mass is 387 g/mol. The van der Waals surface area contributed by atoms with E-state index in [-0.39, 0.29) is 17.9 Å². The van der Waals surface area contributed by atoms with Gasteiger partial charge < -0.3 is 10.6 Å². The average molecular weight is 387 g/mol. The number of hydrogen-bond donors (Lipinski definition) is 2. The van der Waals surface area contributed by atoms with Gasteiger partial charge in [-0.1, -0.05) is 54.6 Å². The van der Waals surface area contributed by atoms with Crippen molar-refractivity contribution in [1.29, 1.82) is 0 Å². The second kappa shape index (κ2) is 8.88. The van der Waals surface area contributed by atoms with Crippen LogP contribution in [0.1, 0.15) is 23.2 Å². The first-order valence-corrected chi connectivity index (χ1v) is 10.0. The smallest absolute Gasteiger partial charge is 0.252 e. The Kier molecular flexibility index (Phi) is 5.86. The van der Waals surface area contributed by atoms with Gasteiger partial charge in [-0.3, -0.25) is 14.5 Å². The summed E-state index contributed by atoms with van der Waals surface area (Å²) in [5.41, 5.74) is 1.53. The van der Waals surface area contributed by atoms with Gasteiger partial charge in [0.15, 0.2) is 0 Å². The number of nitrogens with zero attached hydrogens (tertiary/aromatic N) is 1. The fourth-order valence-electron chi connectivity index (χ4n) is 3.85. The largest absolute Gasteiger partial charge is 0.349 e. The Bertz CT molecular complexity index is 990. The molecule has 0 spiro atoms. The summed E-state index contributed by atoms with van der Waals surface area (Å²) in [7, 11) is 0. The zero-order chi connectivity index (χ0) is 20.1. The van der Waals surface area contributed by atoms with Gasteiger partial charge in [-0.05, 0) is 41.8 Å². The van der Waals surface area contributed by atoms with Gasteiger partial charge in [0.25, 0.3) is 5.91 Å². The lowest BCUT2D eigenvalue weighted by Crippen LogP contribution is -2.46. The molecule has 1 fully saturated rings. The first-order chi connectivity index (χ1) is 14.2. The third-order valence-corrected chi connectivity index (χ3v) is 5.38. The number of fused-ring (bicyclic) bond motifs is 1. The fraction of sp³-hybridized carbons (Fsp3) is 0.250. The predicted molar refractivity (Wildman–Crippen MR) is 116 cm³/mol. The van der Waals surface area contributed by atoms with Crippen LogP contribution in [-0.2, 0) is 4.79 Å². The maximum Gasteiger partial charge on any atom is 0.252 e. The molecule has 1 saturated heterocycles. The zero-order valence-corrected chi connectivity index (χ0v) is 16.3. The van der Waals surface area contributed by atoms with Crippen LogP contribution in [0.25, 0.3) is 10.8 Å². The summed E-state index contributed by atoms with van der Waals surface area (Å²) in [5, 5.41) is 8.14. The van der Waals surface area contributed by atoms with E-state index in [0.717, 1.165) is 42.4 Å². The van der Waals surface area contributed by atoms with Crippen molar-refractivity contribution in [2.24, 2.45) is 0 Å². The Labute approximate surface area is 170 Å². The summed E-state index contributed by atoms with van der Waals surface area (Å²) in [5.74, 6) is -0.0310. The van der Waals surface area contributed by atoms with Gasteiger partial charge in [0.1, 0.15) is 0 Å². The van der Waals surface area contributed by atoms with Gasteiger partial charge in [0.05, 0.1) is 6.54 Å². The minimum atomic E-state index is -0.0259. The Morgan fingerprint density at radius 3 is 2.34 bits per heavy atom. The molecule has 0 saturated carbocycles. The van der Waals surface area contributed by atoms with E-state index >= 15 is 0 Å². The molecular formula is C24H25N3O2. The van der Waals surface area contributed by atoms with Gasteiger partial charge in [-0.15, -0.1) is 0 Å². The topological polar surface area (TPSA) is 61.4 Å². The molecule has 0 radical (unpaired) electrons. The number of rotatable bonds is 5. The number of piperidine rings is 1. The lowest BCUT2D eigenvalue weighted by molar-refractivity contribution is -0.117. The Morgan fingerprint density at radius 1 is 0.862 bits per heavy atom. The molecule has 4 rings (SSSR count). The number of likely N-dealkylation sites (tertiary alicyclic amines) is 1. The molecule has 3 aromatic rings. The highest BCUT2D eigenvalue weighted by atomic mass is 16.2. The molecule has 148 valence electrons. The number of anilines is 1. The molecule has 2 N–H and O–H groups in total. The van der Waals surface area contributed by atoms with Crippen molar-refractivity contribution >= 4 is 28.3 Å². The number of carbonyl (C=O) groups is 2. The van der Waals surface area contributed by atoms with Crippen molar-refractivity contribution in [2.45, 2.75) is 18.9 Å². The lowest BCUT2D eigenvalue weighted by Gasteiger charge is -2.32.